The number of hydrogen-bond acceptors (Lipinski definition) is 5. The number of anilines is 1. The van der Waals surface area contributed by atoms with Gasteiger partial charge in [0.1, 0.15) is 5.54 Å². The highest BCUT2D eigenvalue weighted by atomic mass is 32.2. The number of carbonyl (C=O) groups is 1. The third-order valence-electron chi connectivity index (χ3n) is 3.77. The highest BCUT2D eigenvalue weighted by Crippen LogP contribution is 2.27. The summed E-state index contributed by atoms with van der Waals surface area (Å²) >= 11 is 5.80. The van der Waals surface area contributed by atoms with Crippen molar-refractivity contribution in [3.8, 4) is 6.07 Å². The SMILES string of the molecule is CSN[C@@](CS)(C(=O)Nc1ccc(C#N)c(C)c1)c1ccccc1. The minimum Gasteiger partial charge on any atom is -0.324 e. The Morgan fingerprint density at radius 1 is 1.29 bits per heavy atom. The van der Waals surface area contributed by atoms with Crippen LogP contribution in [-0.4, -0.2) is 17.9 Å². The fourth-order valence-electron chi connectivity index (χ4n) is 2.43. The third kappa shape index (κ3) is 3.75. The summed E-state index contributed by atoms with van der Waals surface area (Å²) in [5.74, 6) is 0.112. The Balaban J connectivity index is 2.35. The van der Waals surface area contributed by atoms with Gasteiger partial charge < -0.3 is 5.32 Å². The topological polar surface area (TPSA) is 64.9 Å². The van der Waals surface area contributed by atoms with E-state index in [2.05, 4.69) is 28.7 Å². The van der Waals surface area contributed by atoms with Crippen molar-refractivity contribution in [1.29, 1.82) is 5.26 Å². The number of carbonyl (C=O) groups excluding carboxylic acids is 1. The molecule has 1 atom stereocenters. The summed E-state index contributed by atoms with van der Waals surface area (Å²) in [6.45, 7) is 1.84. The molecule has 0 heterocycles. The van der Waals surface area contributed by atoms with Crippen LogP contribution in [0.3, 0.4) is 0 Å². The Morgan fingerprint density at radius 3 is 2.54 bits per heavy atom. The Bertz CT molecular complexity index is 759. The molecule has 2 rings (SSSR count). The molecule has 0 saturated heterocycles. The molecule has 0 aromatic heterocycles. The summed E-state index contributed by atoms with van der Waals surface area (Å²) in [5.41, 5.74) is 1.97. The normalized spacial score (nSPS) is 12.9. The number of nitriles is 1. The molecule has 124 valence electrons. The van der Waals surface area contributed by atoms with Crippen molar-refractivity contribution in [2.24, 2.45) is 0 Å². The average molecular weight is 358 g/mol. The van der Waals surface area contributed by atoms with E-state index in [1.54, 1.807) is 18.2 Å². The smallest absolute Gasteiger partial charge is 0.250 e. The lowest BCUT2D eigenvalue weighted by Gasteiger charge is -2.31. The second-order valence-electron chi connectivity index (χ2n) is 5.33. The number of rotatable bonds is 6. The summed E-state index contributed by atoms with van der Waals surface area (Å²) in [6, 6.07) is 16.9. The lowest BCUT2D eigenvalue weighted by atomic mass is 9.91. The zero-order valence-corrected chi connectivity index (χ0v) is 15.2. The van der Waals surface area contributed by atoms with Crippen molar-refractivity contribution in [2.75, 3.05) is 17.3 Å². The summed E-state index contributed by atoms with van der Waals surface area (Å²) in [6.07, 6.45) is 1.88. The molecule has 0 fully saturated rings. The molecule has 0 aliphatic heterocycles. The van der Waals surface area contributed by atoms with Crippen molar-refractivity contribution in [3.63, 3.8) is 0 Å². The second kappa shape index (κ2) is 8.25. The van der Waals surface area contributed by atoms with Crippen molar-refractivity contribution in [2.45, 2.75) is 12.5 Å². The maximum absolute atomic E-state index is 13.0. The molecule has 6 heteroatoms. The number of amides is 1. The van der Waals surface area contributed by atoms with Crippen molar-refractivity contribution in [1.82, 2.24) is 4.72 Å². The number of benzene rings is 2. The van der Waals surface area contributed by atoms with Gasteiger partial charge in [0.2, 0.25) is 0 Å². The molecule has 0 aliphatic rings. The highest BCUT2D eigenvalue weighted by molar-refractivity contribution is 7.96. The van der Waals surface area contributed by atoms with E-state index in [1.165, 1.54) is 11.9 Å². The van der Waals surface area contributed by atoms with Crippen LogP contribution in [0.15, 0.2) is 48.5 Å². The first-order valence-electron chi connectivity index (χ1n) is 7.36. The Kier molecular flexibility index (Phi) is 6.32. The molecular formula is C18H19N3OS2. The molecule has 4 nitrogen and oxygen atoms in total. The van der Waals surface area contributed by atoms with E-state index in [0.29, 0.717) is 17.0 Å². The van der Waals surface area contributed by atoms with Gasteiger partial charge in [-0.25, -0.2) is 4.72 Å². The van der Waals surface area contributed by atoms with Crippen LogP contribution in [-0.2, 0) is 10.3 Å². The lowest BCUT2D eigenvalue weighted by Crippen LogP contribution is -2.51. The monoisotopic (exact) mass is 357 g/mol. The molecule has 0 unspecified atom stereocenters. The predicted octanol–water partition coefficient (Wildman–Crippen LogP) is 3.50. The van der Waals surface area contributed by atoms with Crippen molar-refractivity contribution in [3.05, 3.63) is 65.2 Å². The summed E-state index contributed by atoms with van der Waals surface area (Å²) in [5, 5.41) is 12.0. The highest BCUT2D eigenvalue weighted by Gasteiger charge is 2.38. The number of thiol groups is 1. The van der Waals surface area contributed by atoms with Gasteiger partial charge in [-0.15, -0.1) is 0 Å². The minimum atomic E-state index is -0.953. The van der Waals surface area contributed by atoms with E-state index >= 15 is 0 Å². The van der Waals surface area contributed by atoms with Gasteiger partial charge in [0.25, 0.3) is 5.91 Å². The standard InChI is InChI=1S/C18H19N3OS2/c1-13-10-16(9-8-14(13)11-19)20-17(22)18(12-23,21-24-2)15-6-4-3-5-7-15/h3-10,21,23H,12H2,1-2H3,(H,20,22)/t18-/m1/s1. The lowest BCUT2D eigenvalue weighted by molar-refractivity contribution is -0.121. The van der Waals surface area contributed by atoms with Crippen LogP contribution >= 0.6 is 24.6 Å². The Labute approximate surface area is 152 Å². The molecule has 0 aliphatic carbocycles. The molecule has 0 saturated carbocycles. The molecule has 0 radical (unpaired) electrons. The van der Waals surface area contributed by atoms with Gasteiger partial charge in [0.05, 0.1) is 11.6 Å². The van der Waals surface area contributed by atoms with Gasteiger partial charge in [0, 0.05) is 11.4 Å². The van der Waals surface area contributed by atoms with E-state index in [0.717, 1.165) is 11.1 Å². The fourth-order valence-corrected chi connectivity index (χ4v) is 3.58. The van der Waals surface area contributed by atoms with E-state index in [-0.39, 0.29) is 5.91 Å². The van der Waals surface area contributed by atoms with E-state index in [9.17, 15) is 4.79 Å². The molecule has 0 bridgehead atoms. The Morgan fingerprint density at radius 2 is 2.00 bits per heavy atom. The number of nitrogens with zero attached hydrogens (tertiary/aromatic N) is 1. The van der Waals surface area contributed by atoms with E-state index in [4.69, 9.17) is 5.26 Å². The van der Waals surface area contributed by atoms with Crippen LogP contribution in [0.25, 0.3) is 0 Å². The molecule has 2 N–H and O–H groups in total. The number of aryl methyl sites for hydroxylation is 1. The second-order valence-corrected chi connectivity index (χ2v) is 6.26. The van der Waals surface area contributed by atoms with Gasteiger partial charge in [-0.1, -0.05) is 42.3 Å². The number of hydrogen-bond donors (Lipinski definition) is 3. The molecule has 2 aromatic rings. The van der Waals surface area contributed by atoms with Crippen LogP contribution in [0.1, 0.15) is 16.7 Å². The third-order valence-corrected chi connectivity index (χ3v) is 4.80. The van der Waals surface area contributed by atoms with Gasteiger partial charge in [-0.3, -0.25) is 4.79 Å². The summed E-state index contributed by atoms with van der Waals surface area (Å²) in [4.78, 5) is 13.0. The van der Waals surface area contributed by atoms with Crippen LogP contribution in [0, 0.1) is 18.3 Å². The maximum atomic E-state index is 13.0. The van der Waals surface area contributed by atoms with E-state index in [1.807, 2.05) is 43.5 Å². The first kappa shape index (κ1) is 18.4. The average Bonchev–Trinajstić information content (AvgIpc) is 2.60. The van der Waals surface area contributed by atoms with Crippen LogP contribution in [0.4, 0.5) is 5.69 Å². The quantitative estimate of drug-likeness (QED) is 0.547. The largest absolute Gasteiger partial charge is 0.324 e. The van der Waals surface area contributed by atoms with Crippen LogP contribution in [0.5, 0.6) is 0 Å². The summed E-state index contributed by atoms with van der Waals surface area (Å²) < 4.78 is 3.20. The first-order valence-corrected chi connectivity index (χ1v) is 9.22. The van der Waals surface area contributed by atoms with Gasteiger partial charge in [-0.05, 0) is 42.5 Å². The zero-order valence-electron chi connectivity index (χ0n) is 13.5. The molecule has 24 heavy (non-hydrogen) atoms. The van der Waals surface area contributed by atoms with Crippen molar-refractivity contribution < 1.29 is 4.79 Å². The zero-order chi connectivity index (χ0) is 17.6. The van der Waals surface area contributed by atoms with Gasteiger partial charge >= 0.3 is 0 Å². The molecule has 2 aromatic carbocycles. The Hall–Kier alpha value is -1.94. The van der Waals surface area contributed by atoms with Crippen LogP contribution in [0.2, 0.25) is 0 Å². The molecular weight excluding hydrogens is 338 g/mol. The van der Waals surface area contributed by atoms with Gasteiger partial charge in [0.15, 0.2) is 0 Å². The molecule has 1 amide bonds. The maximum Gasteiger partial charge on any atom is 0.250 e. The van der Waals surface area contributed by atoms with E-state index < -0.39 is 5.54 Å². The fraction of sp³-hybridized carbons (Fsp3) is 0.222. The molecule has 0 spiro atoms. The van der Waals surface area contributed by atoms with Crippen LogP contribution < -0.4 is 10.0 Å². The van der Waals surface area contributed by atoms with Crippen molar-refractivity contribution >= 4 is 36.2 Å². The predicted molar refractivity (Wildman–Crippen MR) is 103 cm³/mol. The van der Waals surface area contributed by atoms with Gasteiger partial charge in [-0.2, -0.15) is 17.9 Å². The first-order chi connectivity index (χ1) is 11.6. The number of nitrogens with one attached hydrogen (secondary N) is 2. The minimum absolute atomic E-state index is 0.192. The summed E-state index contributed by atoms with van der Waals surface area (Å²) in [7, 11) is 0.